The van der Waals surface area contributed by atoms with Crippen molar-refractivity contribution >= 4 is 11.9 Å². The second-order valence-corrected chi connectivity index (χ2v) is 3.09. The van der Waals surface area contributed by atoms with Gasteiger partial charge < -0.3 is 19.7 Å². The van der Waals surface area contributed by atoms with Gasteiger partial charge in [-0.05, 0) is 6.08 Å². The number of carboxylic acid groups (broad SMARTS) is 1. The van der Waals surface area contributed by atoms with E-state index in [1.54, 1.807) is 0 Å². The Morgan fingerprint density at radius 2 is 2.40 bits per heavy atom. The van der Waals surface area contributed by atoms with Crippen LogP contribution in [0.1, 0.15) is 6.42 Å². The van der Waals surface area contributed by atoms with Gasteiger partial charge >= 0.3 is 51.4 Å². The quantitative estimate of drug-likeness (QED) is 0.382. The molecule has 2 saturated heterocycles. The Labute approximate surface area is 128 Å². The van der Waals surface area contributed by atoms with Crippen molar-refractivity contribution in [2.75, 3.05) is 6.61 Å². The summed E-state index contributed by atoms with van der Waals surface area (Å²) in [7, 11) is 0. The number of aliphatic hydroxyl groups is 1. The number of rotatable bonds is 2. The molecular formula is C8H8KNO5. The molecule has 7 heteroatoms. The fraction of sp³-hybridized carbons (Fsp3) is 0.500. The van der Waals surface area contributed by atoms with Crippen molar-refractivity contribution in [2.45, 2.75) is 18.7 Å². The Bertz CT molecular complexity index is 329. The van der Waals surface area contributed by atoms with Crippen LogP contribution >= 0.6 is 0 Å². The van der Waals surface area contributed by atoms with Gasteiger partial charge in [-0.25, -0.2) is 0 Å². The molecule has 0 saturated carbocycles. The summed E-state index contributed by atoms with van der Waals surface area (Å²) in [5.74, 6) is -1.57. The van der Waals surface area contributed by atoms with Crippen molar-refractivity contribution in [3.05, 3.63) is 11.8 Å². The first-order valence-corrected chi connectivity index (χ1v) is 4.14. The summed E-state index contributed by atoms with van der Waals surface area (Å²) in [5.41, 5.74) is 0. The number of carbonyl (C=O) groups excluding carboxylic acids is 2. The van der Waals surface area contributed by atoms with Crippen molar-refractivity contribution in [2.24, 2.45) is 0 Å². The molecule has 1 unspecified atom stereocenters. The van der Waals surface area contributed by atoms with Crippen LogP contribution in [-0.2, 0) is 14.3 Å². The van der Waals surface area contributed by atoms with Crippen molar-refractivity contribution in [3.8, 4) is 0 Å². The van der Waals surface area contributed by atoms with Crippen LogP contribution in [0.15, 0.2) is 11.8 Å². The van der Waals surface area contributed by atoms with Gasteiger partial charge in [-0.3, -0.25) is 9.69 Å². The molecule has 76 valence electrons. The zero-order chi connectivity index (χ0) is 10.3. The maximum Gasteiger partial charge on any atom is 1.00 e. The Hall–Kier alpha value is 0.0764. The van der Waals surface area contributed by atoms with E-state index in [9.17, 15) is 14.7 Å². The number of carbonyl (C=O) groups is 2. The summed E-state index contributed by atoms with van der Waals surface area (Å²) < 4.78 is 5.13. The van der Waals surface area contributed by atoms with Gasteiger partial charge in [-0.2, -0.15) is 0 Å². The first-order valence-electron chi connectivity index (χ1n) is 4.14. The molecule has 1 amide bonds. The second kappa shape index (κ2) is 4.94. The van der Waals surface area contributed by atoms with E-state index in [0.29, 0.717) is 0 Å². The first-order chi connectivity index (χ1) is 6.65. The Balaban J connectivity index is 0.00000112. The van der Waals surface area contributed by atoms with Gasteiger partial charge in [0.15, 0.2) is 6.23 Å². The number of fused-ring (bicyclic) bond motifs is 1. The van der Waals surface area contributed by atoms with Gasteiger partial charge in [0, 0.05) is 0 Å². The Morgan fingerprint density at radius 1 is 1.73 bits per heavy atom. The van der Waals surface area contributed by atoms with Crippen LogP contribution in [0.3, 0.4) is 0 Å². The molecule has 2 fully saturated rings. The molecule has 2 aliphatic heterocycles. The maximum absolute atomic E-state index is 11.0. The van der Waals surface area contributed by atoms with Gasteiger partial charge in [0.1, 0.15) is 11.8 Å². The zero-order valence-corrected chi connectivity index (χ0v) is 11.3. The van der Waals surface area contributed by atoms with E-state index in [1.807, 2.05) is 0 Å². The van der Waals surface area contributed by atoms with Crippen LogP contribution in [0.2, 0.25) is 0 Å². The Morgan fingerprint density at radius 3 is 2.87 bits per heavy atom. The van der Waals surface area contributed by atoms with E-state index in [4.69, 9.17) is 9.84 Å². The topological polar surface area (TPSA) is 89.9 Å². The number of hydrogen-bond donors (Lipinski definition) is 1. The average Bonchev–Trinajstić information content (AvgIpc) is 2.39. The maximum atomic E-state index is 11.0. The minimum atomic E-state index is -1.39. The van der Waals surface area contributed by atoms with Gasteiger partial charge in [0.05, 0.1) is 19.0 Å². The van der Waals surface area contributed by atoms with Gasteiger partial charge in [-0.15, -0.1) is 0 Å². The predicted molar refractivity (Wildman–Crippen MR) is 40.3 cm³/mol. The fourth-order valence-corrected chi connectivity index (χ4v) is 1.65. The summed E-state index contributed by atoms with van der Waals surface area (Å²) >= 11 is 0. The Kier molecular flexibility index (Phi) is 4.33. The molecule has 0 radical (unpaired) electrons. The fourth-order valence-electron chi connectivity index (χ4n) is 1.65. The molecule has 15 heavy (non-hydrogen) atoms. The average molecular weight is 237 g/mol. The molecule has 2 heterocycles. The molecule has 0 spiro atoms. The molecule has 0 aromatic heterocycles. The number of ether oxygens (including phenoxy) is 1. The first kappa shape index (κ1) is 13.1. The third-order valence-corrected chi connectivity index (χ3v) is 2.28. The second-order valence-electron chi connectivity index (χ2n) is 3.09. The SMILES string of the molecule is O=C([O-])C1C(=CCO)O[C@@H]2CC(=O)N12.[K+]. The normalized spacial score (nSPS) is 30.3. The van der Waals surface area contributed by atoms with Crippen molar-refractivity contribution in [1.29, 1.82) is 0 Å². The van der Waals surface area contributed by atoms with Gasteiger partial charge in [0.25, 0.3) is 0 Å². The number of carboxylic acids is 1. The van der Waals surface area contributed by atoms with E-state index < -0.39 is 18.2 Å². The number of aliphatic hydroxyl groups excluding tert-OH is 1. The van der Waals surface area contributed by atoms with Crippen LogP contribution in [-0.4, -0.2) is 40.8 Å². The summed E-state index contributed by atoms with van der Waals surface area (Å²) in [6.07, 6.45) is 0.918. The summed E-state index contributed by atoms with van der Waals surface area (Å²) in [6.45, 7) is -0.326. The molecule has 2 aliphatic rings. The monoisotopic (exact) mass is 237 g/mol. The number of aliphatic carboxylic acids is 1. The van der Waals surface area contributed by atoms with E-state index in [-0.39, 0.29) is 76.1 Å². The number of β-lactam (4-membered cyclic amide) rings is 1. The van der Waals surface area contributed by atoms with Gasteiger partial charge in [0.2, 0.25) is 5.91 Å². The summed E-state index contributed by atoms with van der Waals surface area (Å²) in [6, 6.07) is -1.17. The van der Waals surface area contributed by atoms with Crippen molar-refractivity contribution in [3.63, 3.8) is 0 Å². The summed E-state index contributed by atoms with van der Waals surface area (Å²) in [4.78, 5) is 22.9. The number of nitrogens with zero attached hydrogens (tertiary/aromatic N) is 1. The van der Waals surface area contributed by atoms with Crippen molar-refractivity contribution in [1.82, 2.24) is 4.90 Å². The van der Waals surface area contributed by atoms with Crippen LogP contribution in [0.5, 0.6) is 0 Å². The van der Waals surface area contributed by atoms with E-state index in [2.05, 4.69) is 0 Å². The van der Waals surface area contributed by atoms with E-state index in [0.717, 1.165) is 4.90 Å². The molecular weight excluding hydrogens is 229 g/mol. The molecule has 6 nitrogen and oxygen atoms in total. The molecule has 0 bridgehead atoms. The van der Waals surface area contributed by atoms with Gasteiger partial charge in [-0.1, -0.05) is 0 Å². The zero-order valence-electron chi connectivity index (χ0n) is 8.17. The molecule has 0 aromatic rings. The van der Waals surface area contributed by atoms with E-state index >= 15 is 0 Å². The van der Waals surface area contributed by atoms with Crippen LogP contribution in [0.4, 0.5) is 0 Å². The molecule has 0 aliphatic carbocycles. The minimum absolute atomic E-state index is 0. The smallest absolute Gasteiger partial charge is 0.547 e. The molecule has 0 aromatic carbocycles. The van der Waals surface area contributed by atoms with Crippen LogP contribution in [0, 0.1) is 0 Å². The molecule has 1 N–H and O–H groups in total. The molecule has 2 rings (SSSR count). The molecule has 2 atom stereocenters. The largest absolute Gasteiger partial charge is 1.00 e. The minimum Gasteiger partial charge on any atom is -0.547 e. The number of amides is 1. The number of hydrogen-bond acceptors (Lipinski definition) is 5. The van der Waals surface area contributed by atoms with Crippen molar-refractivity contribution < 1.29 is 75.9 Å². The third kappa shape index (κ3) is 2.13. The van der Waals surface area contributed by atoms with Crippen LogP contribution in [0.25, 0.3) is 0 Å². The standard InChI is InChI=1S/C8H9NO5.K/c10-2-1-4-7(8(12)13)9-5(11)3-6(9)14-4;/h1,6-7,10H,2-3H2,(H,12,13);/q;+1/p-1/t6-,7?;/m1./s1. The predicted octanol–water partition coefficient (Wildman–Crippen LogP) is -5.43. The van der Waals surface area contributed by atoms with Crippen LogP contribution < -0.4 is 56.5 Å². The summed E-state index contributed by atoms with van der Waals surface area (Å²) in [5, 5.41) is 19.3. The van der Waals surface area contributed by atoms with E-state index in [1.165, 1.54) is 6.08 Å². The third-order valence-electron chi connectivity index (χ3n) is 2.28.